The number of aromatic nitrogens is 1. The Labute approximate surface area is 164 Å². The number of hydrogen-bond acceptors (Lipinski definition) is 5. The third-order valence-electron chi connectivity index (χ3n) is 5.89. The van der Waals surface area contributed by atoms with Crippen LogP contribution in [0.1, 0.15) is 18.4 Å². The number of piperidine rings is 1. The van der Waals surface area contributed by atoms with Gasteiger partial charge in [-0.25, -0.2) is 0 Å². The highest BCUT2D eigenvalue weighted by Gasteiger charge is 2.35. The van der Waals surface area contributed by atoms with E-state index >= 15 is 0 Å². The van der Waals surface area contributed by atoms with Crippen LogP contribution in [-0.2, 0) is 0 Å². The van der Waals surface area contributed by atoms with Gasteiger partial charge in [0, 0.05) is 54.8 Å². The maximum Gasteiger partial charge on any atom is 0.0656 e. The third-order valence-corrected chi connectivity index (χ3v) is 6.57. The third kappa shape index (κ3) is 3.31. The standard InChI is InChI=1S/C22H22N4S/c23-11-16-1-4-25(5-2-16)6-7-26-14-21(20-10-22(20)26)19-9-18(12-24-13-19)17-3-8-27-15-17/h3,8-10,12-13,15-16H,1-2,4-7,14H2. The molecule has 0 N–H and O–H groups in total. The van der Waals surface area contributed by atoms with Crippen LogP contribution in [0.5, 0.6) is 0 Å². The smallest absolute Gasteiger partial charge is 0.0656 e. The Morgan fingerprint density at radius 2 is 2.00 bits per heavy atom. The number of allylic oxidation sites excluding steroid dienone is 2. The highest BCUT2D eigenvalue weighted by molar-refractivity contribution is 7.08. The number of nitriles is 1. The minimum atomic E-state index is 0.266. The number of pyridine rings is 1. The molecule has 4 nitrogen and oxygen atoms in total. The molecule has 1 fully saturated rings. The Kier molecular flexibility index (Phi) is 4.31. The van der Waals surface area contributed by atoms with Gasteiger partial charge >= 0.3 is 0 Å². The number of thiophene rings is 1. The predicted molar refractivity (Wildman–Crippen MR) is 109 cm³/mol. The summed E-state index contributed by atoms with van der Waals surface area (Å²) in [6.07, 6.45) is 8.30. The first-order valence-electron chi connectivity index (χ1n) is 9.62. The van der Waals surface area contributed by atoms with E-state index in [2.05, 4.69) is 49.8 Å². The zero-order chi connectivity index (χ0) is 18.2. The summed E-state index contributed by atoms with van der Waals surface area (Å²) in [5.41, 5.74) is 7.94. The maximum absolute atomic E-state index is 9.04. The Bertz CT molecular complexity index is 943. The topological polar surface area (TPSA) is 43.2 Å². The summed E-state index contributed by atoms with van der Waals surface area (Å²) in [7, 11) is 0. The summed E-state index contributed by atoms with van der Waals surface area (Å²) in [4.78, 5) is 9.50. The van der Waals surface area contributed by atoms with Crippen molar-refractivity contribution in [3.8, 4) is 17.2 Å². The molecule has 2 aliphatic heterocycles. The molecule has 136 valence electrons. The lowest BCUT2D eigenvalue weighted by molar-refractivity contribution is 0.189. The second-order valence-electron chi connectivity index (χ2n) is 7.56. The Morgan fingerprint density at radius 1 is 1.15 bits per heavy atom. The first kappa shape index (κ1) is 16.7. The second-order valence-corrected chi connectivity index (χ2v) is 8.34. The molecule has 2 aromatic heterocycles. The average molecular weight is 375 g/mol. The number of fused-ring (bicyclic) bond motifs is 1. The van der Waals surface area contributed by atoms with Crippen molar-refractivity contribution in [3.63, 3.8) is 0 Å². The van der Waals surface area contributed by atoms with Crippen LogP contribution in [0, 0.1) is 17.2 Å². The first-order chi connectivity index (χ1) is 13.3. The minimum absolute atomic E-state index is 0.266. The SMILES string of the molecule is N#CC1CCN(CCN2CC(c3cncc(-c4ccsc4)c3)=C3C=C32)CC1. The molecular weight excluding hydrogens is 352 g/mol. The van der Waals surface area contributed by atoms with Gasteiger partial charge < -0.3 is 9.80 Å². The molecule has 3 aliphatic rings. The van der Waals surface area contributed by atoms with Gasteiger partial charge in [0.1, 0.15) is 0 Å². The number of hydrogen-bond donors (Lipinski definition) is 0. The van der Waals surface area contributed by atoms with Gasteiger partial charge in [-0.3, -0.25) is 4.98 Å². The van der Waals surface area contributed by atoms with E-state index < -0.39 is 0 Å². The highest BCUT2D eigenvalue weighted by Crippen LogP contribution is 2.45. The Balaban J connectivity index is 1.22. The second kappa shape index (κ2) is 6.95. The zero-order valence-corrected chi connectivity index (χ0v) is 16.1. The molecule has 0 aromatic carbocycles. The molecule has 0 bridgehead atoms. The van der Waals surface area contributed by atoms with Gasteiger partial charge in [0.25, 0.3) is 0 Å². The van der Waals surface area contributed by atoms with E-state index in [1.165, 1.54) is 33.5 Å². The van der Waals surface area contributed by atoms with Crippen molar-refractivity contribution >= 4 is 16.9 Å². The van der Waals surface area contributed by atoms with Crippen LogP contribution < -0.4 is 0 Å². The predicted octanol–water partition coefficient (Wildman–Crippen LogP) is 4.01. The average Bonchev–Trinajstić information content (AvgIpc) is 3.16. The van der Waals surface area contributed by atoms with E-state index in [4.69, 9.17) is 5.26 Å². The van der Waals surface area contributed by atoms with E-state index in [0.29, 0.717) is 0 Å². The fourth-order valence-electron chi connectivity index (χ4n) is 4.15. The van der Waals surface area contributed by atoms with Gasteiger partial charge in [0.05, 0.1) is 6.07 Å². The maximum atomic E-state index is 9.04. The van der Waals surface area contributed by atoms with Crippen molar-refractivity contribution in [2.45, 2.75) is 12.8 Å². The van der Waals surface area contributed by atoms with E-state index in [-0.39, 0.29) is 5.92 Å². The summed E-state index contributed by atoms with van der Waals surface area (Å²) in [5, 5.41) is 13.3. The van der Waals surface area contributed by atoms with Gasteiger partial charge in [-0.05, 0) is 71.6 Å². The van der Waals surface area contributed by atoms with E-state index in [0.717, 1.165) is 45.6 Å². The van der Waals surface area contributed by atoms with Crippen LogP contribution in [0.15, 0.2) is 52.6 Å². The van der Waals surface area contributed by atoms with Gasteiger partial charge in [0.2, 0.25) is 0 Å². The van der Waals surface area contributed by atoms with Crippen molar-refractivity contribution in [3.05, 3.63) is 58.2 Å². The molecule has 1 saturated heterocycles. The van der Waals surface area contributed by atoms with Gasteiger partial charge in [-0.2, -0.15) is 16.6 Å². The Morgan fingerprint density at radius 3 is 2.78 bits per heavy atom. The largest absolute Gasteiger partial charge is 0.365 e. The zero-order valence-electron chi connectivity index (χ0n) is 15.3. The van der Waals surface area contributed by atoms with Crippen LogP contribution in [-0.4, -0.2) is 47.5 Å². The number of rotatable bonds is 5. The fraction of sp³-hybridized carbons (Fsp3) is 0.364. The molecule has 2 aromatic rings. The van der Waals surface area contributed by atoms with Crippen molar-refractivity contribution in [1.82, 2.24) is 14.8 Å². The Hall–Kier alpha value is -2.42. The quantitative estimate of drug-likeness (QED) is 0.793. The molecule has 0 radical (unpaired) electrons. The van der Waals surface area contributed by atoms with E-state index in [1.54, 1.807) is 11.3 Å². The van der Waals surface area contributed by atoms with Gasteiger partial charge in [-0.1, -0.05) is 0 Å². The van der Waals surface area contributed by atoms with Crippen molar-refractivity contribution in [2.75, 3.05) is 32.7 Å². The van der Waals surface area contributed by atoms with Crippen LogP contribution in [0.2, 0.25) is 0 Å². The molecule has 5 heteroatoms. The number of likely N-dealkylation sites (tertiary alicyclic amines) is 1. The lowest BCUT2D eigenvalue weighted by Crippen LogP contribution is -2.38. The van der Waals surface area contributed by atoms with Gasteiger partial charge in [-0.15, -0.1) is 0 Å². The normalized spacial score (nSPS) is 19.8. The van der Waals surface area contributed by atoms with Crippen molar-refractivity contribution < 1.29 is 0 Å². The molecule has 4 heterocycles. The molecular formula is C22H22N4S. The monoisotopic (exact) mass is 374 g/mol. The molecule has 5 rings (SSSR count). The summed E-state index contributed by atoms with van der Waals surface area (Å²) >= 11 is 1.72. The minimum Gasteiger partial charge on any atom is -0.365 e. The lowest BCUT2D eigenvalue weighted by atomic mass is 9.99. The van der Waals surface area contributed by atoms with E-state index in [1.807, 2.05) is 12.4 Å². The van der Waals surface area contributed by atoms with Crippen LogP contribution in [0.25, 0.3) is 16.7 Å². The fourth-order valence-corrected chi connectivity index (χ4v) is 4.82. The van der Waals surface area contributed by atoms with Crippen molar-refractivity contribution in [2.24, 2.45) is 5.92 Å². The van der Waals surface area contributed by atoms with Crippen LogP contribution in [0.4, 0.5) is 0 Å². The first-order valence-corrected chi connectivity index (χ1v) is 10.6. The van der Waals surface area contributed by atoms with Gasteiger partial charge in [0.15, 0.2) is 0 Å². The summed E-state index contributed by atoms with van der Waals surface area (Å²) in [5.74, 6) is 0.266. The lowest BCUT2D eigenvalue weighted by Gasteiger charge is -2.31. The highest BCUT2D eigenvalue weighted by atomic mass is 32.1. The summed E-state index contributed by atoms with van der Waals surface area (Å²) in [6.45, 7) is 5.26. The molecule has 0 atom stereocenters. The van der Waals surface area contributed by atoms with Crippen molar-refractivity contribution in [1.29, 1.82) is 5.26 Å². The molecule has 0 spiro atoms. The molecule has 0 amide bonds. The molecule has 0 saturated carbocycles. The summed E-state index contributed by atoms with van der Waals surface area (Å²) < 4.78 is 0. The van der Waals surface area contributed by atoms with E-state index in [9.17, 15) is 0 Å². The van der Waals surface area contributed by atoms with Crippen LogP contribution in [0.3, 0.4) is 0 Å². The molecule has 27 heavy (non-hydrogen) atoms. The summed E-state index contributed by atoms with van der Waals surface area (Å²) in [6, 6.07) is 6.84. The number of nitrogens with zero attached hydrogens (tertiary/aromatic N) is 4. The molecule has 0 unspecified atom stereocenters. The molecule has 1 aliphatic carbocycles. The van der Waals surface area contributed by atoms with Crippen LogP contribution >= 0.6 is 11.3 Å².